The van der Waals surface area contributed by atoms with Gasteiger partial charge in [-0.05, 0) is 42.8 Å². The van der Waals surface area contributed by atoms with E-state index < -0.39 is 0 Å². The number of amides is 1. The molecule has 2 N–H and O–H groups in total. The van der Waals surface area contributed by atoms with Crippen molar-refractivity contribution in [1.82, 2.24) is 19.7 Å². The molecule has 0 radical (unpaired) electrons. The maximum absolute atomic E-state index is 12.8. The van der Waals surface area contributed by atoms with Crippen LogP contribution in [0.3, 0.4) is 0 Å². The number of hydrogen-bond acceptors (Lipinski definition) is 5. The van der Waals surface area contributed by atoms with E-state index in [1.807, 2.05) is 19.1 Å². The predicted octanol–water partition coefficient (Wildman–Crippen LogP) is 2.24. The number of fused-ring (bicyclic) bond motifs is 1. The molecule has 2 heterocycles. The number of anilines is 1. The predicted molar refractivity (Wildman–Crippen MR) is 110 cm³/mol. The van der Waals surface area contributed by atoms with Crippen LogP contribution in [0.1, 0.15) is 15.9 Å². The summed E-state index contributed by atoms with van der Waals surface area (Å²) in [5, 5.41) is 9.76. The van der Waals surface area contributed by atoms with Gasteiger partial charge in [0.25, 0.3) is 17.0 Å². The molecule has 0 spiro atoms. The van der Waals surface area contributed by atoms with Crippen LogP contribution in [0.5, 0.6) is 0 Å². The molecular weight excluding hydrogens is 370 g/mol. The Bertz CT molecular complexity index is 1350. The van der Waals surface area contributed by atoms with Crippen LogP contribution in [-0.4, -0.2) is 25.7 Å². The zero-order valence-electron chi connectivity index (χ0n) is 15.8. The molecule has 0 unspecified atom stereocenters. The standard InChI is InChI=1S/C21H17N5O3/c1-12-3-4-13(16-7-8-19(27)25-24-16)9-17(12)23-20(28)14-5-6-15-18(10-14)22-11-26(2)21(15)29/h3-11H,1-2H3,(H,23,28)(H,25,27). The SMILES string of the molecule is Cc1ccc(-c2ccc(=O)[nH]n2)cc1NC(=O)c1ccc2c(=O)n(C)cnc2c1. The van der Waals surface area contributed by atoms with Gasteiger partial charge in [0.1, 0.15) is 0 Å². The van der Waals surface area contributed by atoms with E-state index in [2.05, 4.69) is 20.5 Å². The summed E-state index contributed by atoms with van der Waals surface area (Å²) in [7, 11) is 1.63. The molecule has 0 atom stereocenters. The number of aromatic amines is 1. The number of nitrogens with zero attached hydrogens (tertiary/aromatic N) is 3. The lowest BCUT2D eigenvalue weighted by atomic mass is 10.1. The van der Waals surface area contributed by atoms with Gasteiger partial charge in [0, 0.05) is 29.9 Å². The van der Waals surface area contributed by atoms with Crippen molar-refractivity contribution >= 4 is 22.5 Å². The average molecular weight is 387 g/mol. The van der Waals surface area contributed by atoms with E-state index in [1.165, 1.54) is 17.0 Å². The summed E-state index contributed by atoms with van der Waals surface area (Å²) in [6, 6.07) is 13.3. The molecule has 0 fully saturated rings. The molecule has 8 heteroatoms. The second-order valence-electron chi connectivity index (χ2n) is 6.68. The Kier molecular flexibility index (Phi) is 4.52. The molecular formula is C21H17N5O3. The third-order valence-corrected chi connectivity index (χ3v) is 4.64. The van der Waals surface area contributed by atoms with E-state index in [0.717, 1.165) is 11.1 Å². The van der Waals surface area contributed by atoms with Crippen molar-refractivity contribution in [3.63, 3.8) is 0 Å². The molecule has 0 saturated carbocycles. The molecule has 2 aromatic carbocycles. The van der Waals surface area contributed by atoms with Crippen LogP contribution in [0.2, 0.25) is 0 Å². The molecule has 4 aromatic rings. The van der Waals surface area contributed by atoms with Crippen molar-refractivity contribution in [2.24, 2.45) is 7.05 Å². The number of carbonyl (C=O) groups is 1. The van der Waals surface area contributed by atoms with E-state index in [9.17, 15) is 14.4 Å². The molecule has 0 aliphatic carbocycles. The van der Waals surface area contributed by atoms with Crippen molar-refractivity contribution in [2.75, 3.05) is 5.32 Å². The first kappa shape index (κ1) is 18.3. The number of carbonyl (C=O) groups excluding carboxylic acids is 1. The molecule has 0 aliphatic rings. The van der Waals surface area contributed by atoms with Crippen molar-refractivity contribution in [2.45, 2.75) is 6.92 Å². The maximum atomic E-state index is 12.8. The first-order valence-corrected chi connectivity index (χ1v) is 8.86. The zero-order valence-corrected chi connectivity index (χ0v) is 15.8. The summed E-state index contributed by atoms with van der Waals surface area (Å²) in [5.74, 6) is -0.316. The highest BCUT2D eigenvalue weighted by Crippen LogP contribution is 2.24. The van der Waals surface area contributed by atoms with Gasteiger partial charge in [-0.3, -0.25) is 14.4 Å². The Labute approximate surface area is 164 Å². The van der Waals surface area contributed by atoms with Crippen molar-refractivity contribution in [3.8, 4) is 11.3 Å². The third kappa shape index (κ3) is 3.55. The van der Waals surface area contributed by atoms with Crippen LogP contribution in [0.4, 0.5) is 5.69 Å². The van der Waals surface area contributed by atoms with Gasteiger partial charge in [-0.1, -0.05) is 12.1 Å². The molecule has 8 nitrogen and oxygen atoms in total. The molecule has 144 valence electrons. The average Bonchev–Trinajstić information content (AvgIpc) is 2.73. The second-order valence-corrected chi connectivity index (χ2v) is 6.68. The largest absolute Gasteiger partial charge is 0.322 e. The van der Waals surface area contributed by atoms with Gasteiger partial charge in [0.05, 0.1) is 22.9 Å². The Morgan fingerprint density at radius 2 is 1.90 bits per heavy atom. The Balaban J connectivity index is 1.66. The number of benzene rings is 2. The highest BCUT2D eigenvalue weighted by atomic mass is 16.2. The van der Waals surface area contributed by atoms with Gasteiger partial charge in [-0.15, -0.1) is 0 Å². The number of aromatic nitrogens is 4. The summed E-state index contributed by atoms with van der Waals surface area (Å²) >= 11 is 0. The lowest BCUT2D eigenvalue weighted by molar-refractivity contribution is 0.102. The fourth-order valence-corrected chi connectivity index (χ4v) is 2.97. The number of aryl methyl sites for hydroxylation is 2. The molecule has 4 rings (SSSR count). The molecule has 0 bridgehead atoms. The van der Waals surface area contributed by atoms with Crippen LogP contribution in [0.15, 0.2) is 64.4 Å². The Morgan fingerprint density at radius 1 is 1.07 bits per heavy atom. The second kappa shape index (κ2) is 7.16. The summed E-state index contributed by atoms with van der Waals surface area (Å²) in [5.41, 5.74) is 3.25. The topological polar surface area (TPSA) is 110 Å². The van der Waals surface area contributed by atoms with E-state index >= 15 is 0 Å². The highest BCUT2D eigenvalue weighted by molar-refractivity contribution is 6.06. The lowest BCUT2D eigenvalue weighted by Gasteiger charge is -2.11. The number of rotatable bonds is 3. The normalized spacial score (nSPS) is 10.8. The van der Waals surface area contributed by atoms with E-state index in [0.29, 0.717) is 27.8 Å². The minimum Gasteiger partial charge on any atom is -0.322 e. The number of hydrogen-bond donors (Lipinski definition) is 2. The first-order chi connectivity index (χ1) is 13.9. The lowest BCUT2D eigenvalue weighted by Crippen LogP contribution is -2.18. The zero-order chi connectivity index (χ0) is 20.5. The summed E-state index contributed by atoms with van der Waals surface area (Å²) in [6.45, 7) is 1.88. The summed E-state index contributed by atoms with van der Waals surface area (Å²) < 4.78 is 1.39. The van der Waals surface area contributed by atoms with Crippen LogP contribution in [-0.2, 0) is 7.05 Å². The fraction of sp³-hybridized carbons (Fsp3) is 0.0952. The quantitative estimate of drug-likeness (QED) is 0.560. The van der Waals surface area contributed by atoms with Crippen LogP contribution in [0.25, 0.3) is 22.2 Å². The third-order valence-electron chi connectivity index (χ3n) is 4.64. The van der Waals surface area contributed by atoms with E-state index in [-0.39, 0.29) is 17.0 Å². The highest BCUT2D eigenvalue weighted by Gasteiger charge is 2.12. The smallest absolute Gasteiger partial charge is 0.264 e. The monoisotopic (exact) mass is 387 g/mol. The van der Waals surface area contributed by atoms with Gasteiger partial charge in [0.2, 0.25) is 0 Å². The van der Waals surface area contributed by atoms with Crippen LogP contribution >= 0.6 is 0 Å². The molecule has 0 saturated heterocycles. The fourth-order valence-electron chi connectivity index (χ4n) is 2.97. The minimum absolute atomic E-state index is 0.168. The molecule has 0 aliphatic heterocycles. The van der Waals surface area contributed by atoms with Crippen molar-refractivity contribution in [3.05, 3.63) is 86.7 Å². The molecule has 29 heavy (non-hydrogen) atoms. The van der Waals surface area contributed by atoms with Gasteiger partial charge >= 0.3 is 0 Å². The van der Waals surface area contributed by atoms with Crippen molar-refractivity contribution < 1.29 is 4.79 Å². The van der Waals surface area contributed by atoms with Crippen LogP contribution in [0, 0.1) is 6.92 Å². The van der Waals surface area contributed by atoms with Gasteiger partial charge in [-0.2, -0.15) is 5.10 Å². The van der Waals surface area contributed by atoms with Crippen molar-refractivity contribution in [1.29, 1.82) is 0 Å². The molecule has 2 aromatic heterocycles. The van der Waals surface area contributed by atoms with E-state index in [1.54, 1.807) is 37.4 Å². The van der Waals surface area contributed by atoms with Gasteiger partial charge < -0.3 is 9.88 Å². The van der Waals surface area contributed by atoms with Crippen LogP contribution < -0.4 is 16.4 Å². The number of nitrogens with one attached hydrogen (secondary N) is 2. The summed E-state index contributed by atoms with van der Waals surface area (Å²) in [6.07, 6.45) is 1.43. The number of H-pyrrole nitrogens is 1. The Hall–Kier alpha value is -4.07. The maximum Gasteiger partial charge on any atom is 0.264 e. The van der Waals surface area contributed by atoms with Gasteiger partial charge in [-0.25, -0.2) is 10.1 Å². The first-order valence-electron chi connectivity index (χ1n) is 8.86. The van der Waals surface area contributed by atoms with Gasteiger partial charge in [0.15, 0.2) is 0 Å². The van der Waals surface area contributed by atoms with E-state index in [4.69, 9.17) is 0 Å². The minimum atomic E-state index is -0.316. The summed E-state index contributed by atoms with van der Waals surface area (Å²) in [4.78, 5) is 40.3. The molecule has 1 amide bonds. The Morgan fingerprint density at radius 3 is 2.66 bits per heavy atom.